The van der Waals surface area contributed by atoms with Gasteiger partial charge in [0.2, 0.25) is 15.7 Å². The van der Waals surface area contributed by atoms with Crippen LogP contribution in [-0.2, 0) is 14.6 Å². The average Bonchev–Trinajstić information content (AvgIpc) is 3.23. The van der Waals surface area contributed by atoms with E-state index in [0.29, 0.717) is 23.4 Å². The molecular formula is C24H28N2O3S. The molecule has 4 rings (SSSR count). The number of unbranched alkanes of at least 4 members (excludes halogenated alkanes) is 1. The summed E-state index contributed by atoms with van der Waals surface area (Å²) in [7, 11) is -3.78. The highest BCUT2D eigenvalue weighted by Crippen LogP contribution is 2.50. The SMILES string of the molecule is CCCCC1=C(S(=O)(=O)c2ccc(C)cc2)C(c2ccccc2)N2C(C)CC(=O)N12. The maximum atomic E-state index is 13.9. The van der Waals surface area contributed by atoms with Gasteiger partial charge in [-0.3, -0.25) is 4.79 Å². The van der Waals surface area contributed by atoms with E-state index < -0.39 is 15.9 Å². The number of fused-ring (bicyclic) bond motifs is 1. The molecule has 6 heteroatoms. The number of carbonyl (C=O) groups is 1. The zero-order valence-electron chi connectivity index (χ0n) is 17.7. The molecule has 0 saturated carbocycles. The number of amides is 1. The van der Waals surface area contributed by atoms with Crippen LogP contribution in [0.25, 0.3) is 0 Å². The predicted molar refractivity (Wildman–Crippen MR) is 117 cm³/mol. The average molecular weight is 425 g/mol. The Labute approximate surface area is 178 Å². The molecular weight excluding hydrogens is 396 g/mol. The second-order valence-electron chi connectivity index (χ2n) is 8.18. The molecule has 1 fully saturated rings. The van der Waals surface area contributed by atoms with Crippen molar-refractivity contribution in [2.75, 3.05) is 0 Å². The number of hydrogen-bond donors (Lipinski definition) is 0. The quantitative estimate of drug-likeness (QED) is 0.671. The van der Waals surface area contributed by atoms with Gasteiger partial charge in [-0.2, -0.15) is 5.01 Å². The van der Waals surface area contributed by atoms with Crippen LogP contribution in [0.15, 0.2) is 70.1 Å². The fourth-order valence-corrected chi connectivity index (χ4v) is 6.25. The zero-order valence-corrected chi connectivity index (χ0v) is 18.5. The van der Waals surface area contributed by atoms with Crippen LogP contribution in [0.1, 0.15) is 56.7 Å². The van der Waals surface area contributed by atoms with Gasteiger partial charge in [-0.15, -0.1) is 0 Å². The third-order valence-electron chi connectivity index (χ3n) is 5.95. The highest BCUT2D eigenvalue weighted by atomic mass is 32.2. The van der Waals surface area contributed by atoms with E-state index in [1.165, 1.54) is 0 Å². The van der Waals surface area contributed by atoms with Gasteiger partial charge in [0, 0.05) is 12.5 Å². The Morgan fingerprint density at radius 2 is 1.70 bits per heavy atom. The smallest absolute Gasteiger partial charge is 0.242 e. The van der Waals surface area contributed by atoms with Crippen molar-refractivity contribution in [2.45, 2.75) is 63.4 Å². The van der Waals surface area contributed by atoms with E-state index in [2.05, 4.69) is 6.92 Å². The second kappa shape index (κ2) is 8.00. The summed E-state index contributed by atoms with van der Waals surface area (Å²) in [5.41, 5.74) is 2.54. The number of benzene rings is 2. The number of carbonyl (C=O) groups excluding carboxylic acids is 1. The number of hydrazine groups is 1. The number of hydrogen-bond acceptors (Lipinski definition) is 4. The topological polar surface area (TPSA) is 57.7 Å². The molecule has 2 aromatic carbocycles. The van der Waals surface area contributed by atoms with Crippen molar-refractivity contribution in [1.29, 1.82) is 0 Å². The maximum absolute atomic E-state index is 13.9. The summed E-state index contributed by atoms with van der Waals surface area (Å²) in [6.45, 7) is 6.00. The lowest BCUT2D eigenvalue weighted by atomic mass is 10.0. The van der Waals surface area contributed by atoms with Crippen LogP contribution in [0.3, 0.4) is 0 Å². The Balaban J connectivity index is 1.96. The minimum absolute atomic E-state index is 0.0244. The van der Waals surface area contributed by atoms with E-state index >= 15 is 0 Å². The molecule has 0 spiro atoms. The minimum atomic E-state index is -3.78. The fraction of sp³-hybridized carbons (Fsp3) is 0.375. The van der Waals surface area contributed by atoms with Gasteiger partial charge < -0.3 is 0 Å². The van der Waals surface area contributed by atoms with Gasteiger partial charge >= 0.3 is 0 Å². The van der Waals surface area contributed by atoms with E-state index in [-0.39, 0.29) is 16.8 Å². The van der Waals surface area contributed by atoms with Crippen molar-refractivity contribution in [3.63, 3.8) is 0 Å². The predicted octanol–water partition coefficient (Wildman–Crippen LogP) is 4.76. The zero-order chi connectivity index (χ0) is 21.5. The molecule has 5 nitrogen and oxygen atoms in total. The number of sulfone groups is 1. The highest BCUT2D eigenvalue weighted by Gasteiger charge is 2.52. The van der Waals surface area contributed by atoms with Crippen LogP contribution in [0.5, 0.6) is 0 Å². The van der Waals surface area contributed by atoms with Crippen LogP contribution < -0.4 is 0 Å². The Hall–Kier alpha value is -2.44. The fourth-order valence-electron chi connectivity index (χ4n) is 4.46. The Morgan fingerprint density at radius 1 is 1.03 bits per heavy atom. The van der Waals surface area contributed by atoms with E-state index in [0.717, 1.165) is 24.0 Å². The molecule has 2 heterocycles. The van der Waals surface area contributed by atoms with Gasteiger partial charge in [0.25, 0.3) is 0 Å². The Morgan fingerprint density at radius 3 is 2.33 bits per heavy atom. The summed E-state index contributed by atoms with van der Waals surface area (Å²) in [6, 6.07) is 16.1. The third kappa shape index (κ3) is 3.38. The van der Waals surface area contributed by atoms with Crippen LogP contribution in [0, 0.1) is 6.92 Å². The molecule has 1 saturated heterocycles. The van der Waals surface area contributed by atoms with Gasteiger partial charge in [-0.05, 0) is 44.4 Å². The number of allylic oxidation sites excluding steroid dienone is 1. The van der Waals surface area contributed by atoms with Gasteiger partial charge in [0.05, 0.1) is 21.5 Å². The van der Waals surface area contributed by atoms with Crippen molar-refractivity contribution in [1.82, 2.24) is 10.0 Å². The van der Waals surface area contributed by atoms with Gasteiger partial charge in [-0.25, -0.2) is 13.4 Å². The molecule has 158 valence electrons. The van der Waals surface area contributed by atoms with Crippen LogP contribution in [0.2, 0.25) is 0 Å². The molecule has 2 aromatic rings. The molecule has 2 aliphatic rings. The van der Waals surface area contributed by atoms with Crippen molar-refractivity contribution >= 4 is 15.7 Å². The summed E-state index contributed by atoms with van der Waals surface area (Å²) < 4.78 is 27.9. The molecule has 0 aromatic heterocycles. The molecule has 1 amide bonds. The van der Waals surface area contributed by atoms with E-state index in [9.17, 15) is 13.2 Å². The monoisotopic (exact) mass is 424 g/mol. The first-order chi connectivity index (χ1) is 14.4. The lowest BCUT2D eigenvalue weighted by molar-refractivity contribution is -0.134. The van der Waals surface area contributed by atoms with Crippen molar-refractivity contribution in [3.8, 4) is 0 Å². The molecule has 0 aliphatic carbocycles. The van der Waals surface area contributed by atoms with Crippen LogP contribution in [0.4, 0.5) is 0 Å². The minimum Gasteiger partial charge on any atom is -0.273 e. The molecule has 2 aliphatic heterocycles. The summed E-state index contributed by atoms with van der Waals surface area (Å²) in [4.78, 5) is 13.6. The molecule has 0 radical (unpaired) electrons. The molecule has 2 unspecified atom stereocenters. The maximum Gasteiger partial charge on any atom is 0.242 e. The molecule has 30 heavy (non-hydrogen) atoms. The summed E-state index contributed by atoms with van der Waals surface area (Å²) in [5.74, 6) is -0.0244. The third-order valence-corrected chi connectivity index (χ3v) is 7.88. The summed E-state index contributed by atoms with van der Waals surface area (Å²) in [6.07, 6.45) is 2.72. The molecule has 2 atom stereocenters. The van der Waals surface area contributed by atoms with E-state index in [1.807, 2.05) is 61.3 Å². The van der Waals surface area contributed by atoms with E-state index in [4.69, 9.17) is 0 Å². The second-order valence-corrected chi connectivity index (χ2v) is 10.1. The molecule has 0 bridgehead atoms. The highest BCUT2D eigenvalue weighted by molar-refractivity contribution is 7.95. The van der Waals surface area contributed by atoms with Crippen molar-refractivity contribution in [3.05, 3.63) is 76.3 Å². The van der Waals surface area contributed by atoms with Gasteiger partial charge in [0.15, 0.2) is 0 Å². The van der Waals surface area contributed by atoms with Crippen molar-refractivity contribution < 1.29 is 13.2 Å². The standard InChI is InChI=1S/C24H28N2O3S/c1-4-5-11-21-24(30(28,29)20-14-12-17(2)13-15-20)23(19-9-7-6-8-10-19)25-18(3)16-22(27)26(21)25/h6-10,12-15,18,23H,4-5,11,16H2,1-3H3. The van der Waals surface area contributed by atoms with Crippen LogP contribution in [-0.4, -0.2) is 30.4 Å². The number of aryl methyl sites for hydroxylation is 1. The normalized spacial score (nSPS) is 22.1. The lowest BCUT2D eigenvalue weighted by Gasteiger charge is -2.31. The first-order valence-electron chi connectivity index (χ1n) is 10.6. The van der Waals surface area contributed by atoms with Gasteiger partial charge in [-0.1, -0.05) is 61.4 Å². The van der Waals surface area contributed by atoms with Gasteiger partial charge in [0.1, 0.15) is 0 Å². The first-order valence-corrected chi connectivity index (χ1v) is 12.1. The lowest BCUT2D eigenvalue weighted by Crippen LogP contribution is -2.38. The van der Waals surface area contributed by atoms with Crippen LogP contribution >= 0.6 is 0 Å². The Kier molecular flexibility index (Phi) is 5.55. The Bertz CT molecular complexity index is 1080. The largest absolute Gasteiger partial charge is 0.273 e. The van der Waals surface area contributed by atoms with Crippen molar-refractivity contribution in [2.24, 2.45) is 0 Å². The molecule has 0 N–H and O–H groups in total. The number of rotatable bonds is 6. The summed E-state index contributed by atoms with van der Waals surface area (Å²) >= 11 is 0. The summed E-state index contributed by atoms with van der Waals surface area (Å²) in [5, 5.41) is 3.64. The first kappa shape index (κ1) is 20.8. The number of nitrogens with zero attached hydrogens (tertiary/aromatic N) is 2. The van der Waals surface area contributed by atoms with E-state index in [1.54, 1.807) is 17.1 Å².